The summed E-state index contributed by atoms with van der Waals surface area (Å²) in [5, 5.41) is 0. The summed E-state index contributed by atoms with van der Waals surface area (Å²) >= 11 is 0. The summed E-state index contributed by atoms with van der Waals surface area (Å²) in [6.07, 6.45) is 7.31. The Morgan fingerprint density at radius 2 is 1.68 bits per heavy atom. The minimum absolute atomic E-state index is 0.0317. The summed E-state index contributed by atoms with van der Waals surface area (Å²) in [5.41, 5.74) is 6.09. The molecule has 112 valence electrons. The van der Waals surface area contributed by atoms with Gasteiger partial charge in [0.25, 0.3) is 0 Å². The van der Waals surface area contributed by atoms with Gasteiger partial charge in [-0.1, -0.05) is 25.7 Å². The lowest BCUT2D eigenvalue weighted by Crippen LogP contribution is -2.55. The second kappa shape index (κ2) is 7.25. The molecule has 1 rings (SSSR count). The number of nitrogens with zero attached hydrogens (tertiary/aromatic N) is 2. The first-order chi connectivity index (χ1) is 8.93. The van der Waals surface area contributed by atoms with Gasteiger partial charge in [0, 0.05) is 25.2 Å². The zero-order chi connectivity index (χ0) is 14.5. The lowest BCUT2D eigenvalue weighted by Gasteiger charge is -2.41. The number of hydrogen-bond donors (Lipinski definition) is 1. The molecule has 0 atom stereocenters. The van der Waals surface area contributed by atoms with E-state index >= 15 is 0 Å². The third-order valence-electron chi connectivity index (χ3n) is 4.76. The van der Waals surface area contributed by atoms with Gasteiger partial charge < -0.3 is 10.6 Å². The quantitative estimate of drug-likeness (QED) is 0.775. The number of likely N-dealkylation sites (N-methyl/N-ethyl adjacent to an activating group) is 2. The van der Waals surface area contributed by atoms with Gasteiger partial charge in [-0.15, -0.1) is 0 Å². The summed E-state index contributed by atoms with van der Waals surface area (Å²) in [6, 6.07) is 0.254. The first kappa shape index (κ1) is 16.4. The molecular formula is C15H31N3O. The Balaban J connectivity index is 2.67. The van der Waals surface area contributed by atoms with Gasteiger partial charge in [-0.2, -0.15) is 0 Å². The summed E-state index contributed by atoms with van der Waals surface area (Å²) < 4.78 is 0. The predicted molar refractivity (Wildman–Crippen MR) is 80.0 cm³/mol. The van der Waals surface area contributed by atoms with Crippen molar-refractivity contribution in [3.05, 3.63) is 0 Å². The van der Waals surface area contributed by atoms with E-state index in [1.165, 1.54) is 25.7 Å². The standard InChI is InChI=1S/C15H31N3O/c1-13(2)18(4)14(19)11-17(3)15(12-16)9-7-5-6-8-10-15/h13H,5-12,16H2,1-4H3. The van der Waals surface area contributed by atoms with Crippen LogP contribution in [0.25, 0.3) is 0 Å². The van der Waals surface area contributed by atoms with E-state index in [1.54, 1.807) is 0 Å². The van der Waals surface area contributed by atoms with E-state index in [-0.39, 0.29) is 17.5 Å². The van der Waals surface area contributed by atoms with Gasteiger partial charge >= 0.3 is 0 Å². The Labute approximate surface area is 118 Å². The van der Waals surface area contributed by atoms with E-state index in [0.717, 1.165) is 12.8 Å². The summed E-state index contributed by atoms with van der Waals surface area (Å²) in [6.45, 7) is 5.22. The van der Waals surface area contributed by atoms with E-state index in [2.05, 4.69) is 11.9 Å². The smallest absolute Gasteiger partial charge is 0.236 e. The molecular weight excluding hydrogens is 238 g/mol. The summed E-state index contributed by atoms with van der Waals surface area (Å²) in [4.78, 5) is 16.2. The van der Waals surface area contributed by atoms with Crippen molar-refractivity contribution in [2.24, 2.45) is 5.73 Å². The van der Waals surface area contributed by atoms with Crippen LogP contribution >= 0.6 is 0 Å². The number of nitrogens with two attached hydrogens (primary N) is 1. The van der Waals surface area contributed by atoms with Gasteiger partial charge in [-0.3, -0.25) is 9.69 Å². The maximum atomic E-state index is 12.2. The van der Waals surface area contributed by atoms with Crippen molar-refractivity contribution >= 4 is 5.91 Å². The molecule has 4 heteroatoms. The van der Waals surface area contributed by atoms with Gasteiger partial charge in [0.1, 0.15) is 0 Å². The van der Waals surface area contributed by atoms with Crippen LogP contribution in [-0.2, 0) is 4.79 Å². The Bertz CT molecular complexity index is 283. The van der Waals surface area contributed by atoms with E-state index in [9.17, 15) is 4.79 Å². The van der Waals surface area contributed by atoms with Crippen molar-refractivity contribution in [3.8, 4) is 0 Å². The molecule has 0 bridgehead atoms. The van der Waals surface area contributed by atoms with Gasteiger partial charge in [0.2, 0.25) is 5.91 Å². The topological polar surface area (TPSA) is 49.6 Å². The van der Waals surface area contributed by atoms with Crippen LogP contribution in [-0.4, -0.2) is 54.5 Å². The van der Waals surface area contributed by atoms with E-state index < -0.39 is 0 Å². The van der Waals surface area contributed by atoms with Crippen molar-refractivity contribution in [1.29, 1.82) is 0 Å². The van der Waals surface area contributed by atoms with Crippen molar-refractivity contribution < 1.29 is 4.79 Å². The fourth-order valence-corrected chi connectivity index (χ4v) is 2.90. The molecule has 0 aromatic heterocycles. The normalized spacial score (nSPS) is 19.5. The molecule has 0 unspecified atom stereocenters. The Hall–Kier alpha value is -0.610. The van der Waals surface area contributed by atoms with Gasteiger partial charge in [-0.05, 0) is 33.7 Å². The maximum absolute atomic E-state index is 12.2. The SMILES string of the molecule is CC(C)N(C)C(=O)CN(C)C1(CN)CCCCCC1. The molecule has 1 saturated carbocycles. The minimum Gasteiger partial charge on any atom is -0.342 e. The molecule has 4 nitrogen and oxygen atoms in total. The highest BCUT2D eigenvalue weighted by molar-refractivity contribution is 5.78. The van der Waals surface area contributed by atoms with E-state index in [1.807, 2.05) is 25.8 Å². The Morgan fingerprint density at radius 3 is 2.11 bits per heavy atom. The second-order valence-electron chi connectivity index (χ2n) is 6.30. The van der Waals surface area contributed by atoms with Crippen LogP contribution in [0.3, 0.4) is 0 Å². The van der Waals surface area contributed by atoms with Crippen LogP contribution in [0.5, 0.6) is 0 Å². The molecule has 0 aromatic rings. The molecule has 1 amide bonds. The summed E-state index contributed by atoms with van der Waals surface area (Å²) in [5.74, 6) is 0.189. The Morgan fingerprint density at radius 1 is 1.16 bits per heavy atom. The molecule has 1 fully saturated rings. The zero-order valence-corrected chi connectivity index (χ0v) is 13.1. The van der Waals surface area contributed by atoms with Crippen LogP contribution in [0.2, 0.25) is 0 Å². The highest BCUT2D eigenvalue weighted by Crippen LogP contribution is 2.30. The van der Waals surface area contributed by atoms with E-state index in [0.29, 0.717) is 13.1 Å². The molecule has 0 heterocycles. The number of carbonyl (C=O) groups excluding carboxylic acids is 1. The monoisotopic (exact) mass is 269 g/mol. The predicted octanol–water partition coefficient (Wildman–Crippen LogP) is 1.84. The highest BCUT2D eigenvalue weighted by Gasteiger charge is 2.34. The van der Waals surface area contributed by atoms with Crippen LogP contribution in [0.1, 0.15) is 52.4 Å². The van der Waals surface area contributed by atoms with Gasteiger partial charge in [0.15, 0.2) is 0 Å². The lowest BCUT2D eigenvalue weighted by molar-refractivity contribution is -0.133. The number of hydrogen-bond acceptors (Lipinski definition) is 3. The van der Waals surface area contributed by atoms with Crippen LogP contribution < -0.4 is 5.73 Å². The van der Waals surface area contributed by atoms with Crippen LogP contribution in [0.15, 0.2) is 0 Å². The lowest BCUT2D eigenvalue weighted by atomic mass is 9.88. The van der Waals surface area contributed by atoms with Crippen molar-refractivity contribution in [1.82, 2.24) is 9.80 Å². The number of amides is 1. The molecule has 0 spiro atoms. The van der Waals surface area contributed by atoms with E-state index in [4.69, 9.17) is 5.73 Å². The molecule has 1 aliphatic rings. The fourth-order valence-electron chi connectivity index (χ4n) is 2.90. The van der Waals surface area contributed by atoms with Crippen LogP contribution in [0, 0.1) is 0 Å². The average Bonchev–Trinajstić information content (AvgIpc) is 2.63. The Kier molecular flexibility index (Phi) is 6.27. The fraction of sp³-hybridized carbons (Fsp3) is 0.933. The molecule has 0 radical (unpaired) electrons. The van der Waals surface area contributed by atoms with Crippen molar-refractivity contribution in [2.75, 3.05) is 27.2 Å². The van der Waals surface area contributed by atoms with Crippen LogP contribution in [0.4, 0.5) is 0 Å². The molecule has 0 aromatic carbocycles. The number of rotatable bonds is 5. The van der Waals surface area contributed by atoms with Gasteiger partial charge in [-0.25, -0.2) is 0 Å². The molecule has 0 saturated heterocycles. The van der Waals surface area contributed by atoms with Crippen molar-refractivity contribution in [3.63, 3.8) is 0 Å². The number of carbonyl (C=O) groups is 1. The maximum Gasteiger partial charge on any atom is 0.236 e. The van der Waals surface area contributed by atoms with Gasteiger partial charge in [0.05, 0.1) is 6.54 Å². The van der Waals surface area contributed by atoms with Crippen molar-refractivity contribution in [2.45, 2.75) is 64.0 Å². The largest absolute Gasteiger partial charge is 0.342 e. The first-order valence-electron chi connectivity index (χ1n) is 7.60. The third kappa shape index (κ3) is 4.18. The zero-order valence-electron chi connectivity index (χ0n) is 13.1. The second-order valence-corrected chi connectivity index (χ2v) is 6.30. The first-order valence-corrected chi connectivity index (χ1v) is 7.60. The summed E-state index contributed by atoms with van der Waals surface area (Å²) in [7, 11) is 3.94. The minimum atomic E-state index is 0.0317. The third-order valence-corrected chi connectivity index (χ3v) is 4.76. The molecule has 1 aliphatic carbocycles. The molecule has 2 N–H and O–H groups in total. The average molecular weight is 269 g/mol. The molecule has 0 aliphatic heterocycles. The molecule has 19 heavy (non-hydrogen) atoms. The highest BCUT2D eigenvalue weighted by atomic mass is 16.2.